The summed E-state index contributed by atoms with van der Waals surface area (Å²) in [5, 5.41) is 0. The van der Waals surface area contributed by atoms with Gasteiger partial charge in [-0.15, -0.1) is 11.8 Å². The van der Waals surface area contributed by atoms with Gasteiger partial charge in [0.1, 0.15) is 0 Å². The van der Waals surface area contributed by atoms with Crippen molar-refractivity contribution in [2.45, 2.75) is 10.8 Å². The quantitative estimate of drug-likeness (QED) is 0.862. The number of thioether (sulfide) groups is 1. The first kappa shape index (κ1) is 13.1. The van der Waals surface area contributed by atoms with Crippen LogP contribution in [0.2, 0.25) is 0 Å². The van der Waals surface area contributed by atoms with E-state index in [1.807, 2.05) is 49.5 Å². The number of nitrogens with zero attached hydrogens (tertiary/aromatic N) is 1. The molecule has 3 rings (SSSR count). The summed E-state index contributed by atoms with van der Waals surface area (Å²) in [4.78, 5) is 15.6. The van der Waals surface area contributed by atoms with Crippen LogP contribution in [0.1, 0.15) is 11.5 Å². The van der Waals surface area contributed by atoms with Crippen molar-refractivity contribution in [3.63, 3.8) is 0 Å². The number of nitrogens with two attached hydrogens (primary N) is 1. The lowest BCUT2D eigenvalue weighted by atomic mass is 10.00. The fourth-order valence-corrected chi connectivity index (χ4v) is 3.68. The highest BCUT2D eigenvalue weighted by molar-refractivity contribution is 7.99. The van der Waals surface area contributed by atoms with Crippen molar-refractivity contribution in [2.75, 3.05) is 23.4 Å². The zero-order chi connectivity index (χ0) is 14.1. The number of carbonyl (C=O) groups excluding carboxylic acids is 1. The molecule has 0 aliphatic carbocycles. The molecule has 102 valence electrons. The van der Waals surface area contributed by atoms with Crippen LogP contribution in [0.25, 0.3) is 0 Å². The van der Waals surface area contributed by atoms with Crippen LogP contribution >= 0.6 is 11.8 Å². The summed E-state index contributed by atoms with van der Waals surface area (Å²) in [5.41, 5.74) is 8.43. The summed E-state index contributed by atoms with van der Waals surface area (Å²) in [5.74, 6) is 0.862. The zero-order valence-corrected chi connectivity index (χ0v) is 12.1. The molecule has 4 heteroatoms. The maximum absolute atomic E-state index is 12.7. The van der Waals surface area contributed by atoms with Crippen molar-refractivity contribution in [3.05, 3.63) is 54.1 Å². The van der Waals surface area contributed by atoms with Crippen molar-refractivity contribution in [1.82, 2.24) is 0 Å². The van der Waals surface area contributed by atoms with Crippen LogP contribution in [0.3, 0.4) is 0 Å². The second-order valence-electron chi connectivity index (χ2n) is 4.89. The molecule has 0 radical (unpaired) electrons. The van der Waals surface area contributed by atoms with E-state index in [9.17, 15) is 4.79 Å². The van der Waals surface area contributed by atoms with E-state index in [1.165, 1.54) is 4.90 Å². The number of carbonyl (C=O) groups is 1. The van der Waals surface area contributed by atoms with E-state index in [-0.39, 0.29) is 11.8 Å². The van der Waals surface area contributed by atoms with E-state index in [2.05, 4.69) is 6.07 Å². The van der Waals surface area contributed by atoms with Gasteiger partial charge in [0.15, 0.2) is 0 Å². The molecule has 1 aliphatic rings. The van der Waals surface area contributed by atoms with Gasteiger partial charge >= 0.3 is 0 Å². The van der Waals surface area contributed by atoms with Gasteiger partial charge in [-0.05, 0) is 29.8 Å². The monoisotopic (exact) mass is 284 g/mol. The fourth-order valence-electron chi connectivity index (χ4n) is 2.46. The van der Waals surface area contributed by atoms with Crippen LogP contribution in [-0.4, -0.2) is 18.7 Å². The molecule has 2 N–H and O–H groups in total. The van der Waals surface area contributed by atoms with E-state index in [1.54, 1.807) is 16.7 Å². The van der Waals surface area contributed by atoms with Crippen molar-refractivity contribution < 1.29 is 4.79 Å². The Morgan fingerprint density at radius 3 is 2.85 bits per heavy atom. The summed E-state index contributed by atoms with van der Waals surface area (Å²) < 4.78 is 0. The first-order valence-electron chi connectivity index (χ1n) is 6.51. The van der Waals surface area contributed by atoms with Gasteiger partial charge in [-0.2, -0.15) is 0 Å². The number of hydrogen-bond acceptors (Lipinski definition) is 3. The molecular weight excluding hydrogens is 268 g/mol. The second kappa shape index (κ2) is 5.21. The molecule has 1 atom stereocenters. The lowest BCUT2D eigenvalue weighted by Crippen LogP contribution is -2.31. The topological polar surface area (TPSA) is 46.3 Å². The lowest BCUT2D eigenvalue weighted by Gasteiger charge is -2.21. The molecule has 0 spiro atoms. The summed E-state index contributed by atoms with van der Waals surface area (Å²) in [7, 11) is 1.81. The molecule has 0 saturated carbocycles. The Balaban J connectivity index is 1.87. The molecule has 20 heavy (non-hydrogen) atoms. The Morgan fingerprint density at radius 1 is 1.25 bits per heavy atom. The summed E-state index contributed by atoms with van der Waals surface area (Å²) >= 11 is 1.75. The molecule has 3 nitrogen and oxygen atoms in total. The second-order valence-corrected chi connectivity index (χ2v) is 5.96. The third-order valence-corrected chi connectivity index (χ3v) is 4.77. The van der Waals surface area contributed by atoms with E-state index >= 15 is 0 Å². The Morgan fingerprint density at radius 2 is 2.05 bits per heavy atom. The largest absolute Gasteiger partial charge is 0.399 e. The van der Waals surface area contributed by atoms with Crippen LogP contribution in [0, 0.1) is 0 Å². The van der Waals surface area contributed by atoms with Gasteiger partial charge in [-0.25, -0.2) is 0 Å². The first-order chi connectivity index (χ1) is 9.66. The van der Waals surface area contributed by atoms with Gasteiger partial charge in [0.25, 0.3) is 0 Å². The number of nitrogen functional groups attached to an aromatic ring is 1. The van der Waals surface area contributed by atoms with Crippen molar-refractivity contribution in [1.29, 1.82) is 0 Å². The molecule has 0 aromatic heterocycles. The highest BCUT2D eigenvalue weighted by Crippen LogP contribution is 2.40. The maximum Gasteiger partial charge on any atom is 0.235 e. The minimum atomic E-state index is -0.0670. The molecule has 2 aromatic rings. The number of fused-ring (bicyclic) bond motifs is 1. The van der Waals surface area contributed by atoms with E-state index in [0.29, 0.717) is 5.69 Å². The number of benzene rings is 2. The zero-order valence-electron chi connectivity index (χ0n) is 11.2. The summed E-state index contributed by atoms with van der Waals surface area (Å²) in [6, 6.07) is 15.5. The molecule has 0 bridgehead atoms. The van der Waals surface area contributed by atoms with Crippen molar-refractivity contribution in [3.8, 4) is 0 Å². The Labute approximate surface area is 122 Å². The number of likely N-dealkylation sites (N-methyl/N-ethyl adjacent to an activating group) is 1. The Bertz CT molecular complexity index is 656. The Hall–Kier alpha value is -1.94. The van der Waals surface area contributed by atoms with Gasteiger partial charge in [0.2, 0.25) is 5.91 Å². The molecule has 0 saturated heterocycles. The van der Waals surface area contributed by atoms with Crippen LogP contribution in [-0.2, 0) is 4.79 Å². The highest BCUT2D eigenvalue weighted by Gasteiger charge is 2.31. The number of amides is 1. The summed E-state index contributed by atoms with van der Waals surface area (Å²) in [6.45, 7) is 0. The van der Waals surface area contributed by atoms with Gasteiger partial charge in [-0.3, -0.25) is 4.79 Å². The number of rotatable bonds is 2. The van der Waals surface area contributed by atoms with Crippen molar-refractivity contribution >= 4 is 29.0 Å². The molecule has 1 unspecified atom stereocenters. The summed E-state index contributed by atoms with van der Waals surface area (Å²) in [6.07, 6.45) is 0. The molecular formula is C16H16N2OS. The molecule has 1 heterocycles. The van der Waals surface area contributed by atoms with E-state index in [4.69, 9.17) is 5.73 Å². The highest BCUT2D eigenvalue weighted by atomic mass is 32.2. The van der Waals surface area contributed by atoms with E-state index < -0.39 is 0 Å². The third-order valence-electron chi connectivity index (χ3n) is 3.59. The predicted molar refractivity (Wildman–Crippen MR) is 84.2 cm³/mol. The fraction of sp³-hybridized carbons (Fsp3) is 0.188. The SMILES string of the molecule is CN(C(=O)C1CSc2ccccc21)c1cccc(N)c1. The molecule has 0 fully saturated rings. The maximum atomic E-state index is 12.7. The normalized spacial score (nSPS) is 16.8. The van der Waals surface area contributed by atoms with Crippen LogP contribution in [0.15, 0.2) is 53.4 Å². The number of anilines is 2. The number of hydrogen-bond donors (Lipinski definition) is 1. The van der Waals surface area contributed by atoms with Crippen molar-refractivity contribution in [2.24, 2.45) is 0 Å². The average molecular weight is 284 g/mol. The third kappa shape index (κ3) is 2.27. The smallest absolute Gasteiger partial charge is 0.235 e. The molecule has 2 aromatic carbocycles. The van der Waals surface area contributed by atoms with Crippen LogP contribution in [0.5, 0.6) is 0 Å². The predicted octanol–water partition coefficient (Wildman–Crippen LogP) is 3.12. The molecule has 1 amide bonds. The standard InChI is InChI=1S/C16H16N2OS/c1-18(12-6-4-5-11(17)9-12)16(19)14-10-20-15-8-3-2-7-13(14)15/h2-9,14H,10,17H2,1H3. The van der Waals surface area contributed by atoms with Gasteiger partial charge in [-0.1, -0.05) is 24.3 Å². The van der Waals surface area contributed by atoms with Gasteiger partial charge < -0.3 is 10.6 Å². The average Bonchev–Trinajstić information content (AvgIpc) is 2.89. The van der Waals surface area contributed by atoms with Crippen LogP contribution in [0.4, 0.5) is 11.4 Å². The van der Waals surface area contributed by atoms with E-state index in [0.717, 1.165) is 17.0 Å². The lowest BCUT2D eigenvalue weighted by molar-refractivity contribution is -0.119. The molecule has 1 aliphatic heterocycles. The first-order valence-corrected chi connectivity index (χ1v) is 7.50. The van der Waals surface area contributed by atoms with Gasteiger partial charge in [0.05, 0.1) is 5.92 Å². The Kier molecular flexibility index (Phi) is 3.40. The van der Waals surface area contributed by atoms with Crippen LogP contribution < -0.4 is 10.6 Å². The minimum Gasteiger partial charge on any atom is -0.399 e. The minimum absolute atomic E-state index is 0.0670. The van der Waals surface area contributed by atoms with Gasteiger partial charge in [0, 0.05) is 29.1 Å².